The Morgan fingerprint density at radius 2 is 2.07 bits per heavy atom. The molecule has 3 aromatic rings. The fraction of sp³-hybridized carbons (Fsp3) is 0.250. The third-order valence-corrected chi connectivity index (χ3v) is 4.37. The number of hydrogen-bond acceptors (Lipinski definition) is 7. The number of ether oxygens (including phenoxy) is 2. The highest BCUT2D eigenvalue weighted by Crippen LogP contribution is 2.40. The third-order valence-electron chi connectivity index (χ3n) is 4.37. The van der Waals surface area contributed by atoms with E-state index in [1.54, 1.807) is 18.6 Å². The van der Waals surface area contributed by atoms with Crippen molar-refractivity contribution in [2.75, 3.05) is 0 Å². The van der Waals surface area contributed by atoms with Crippen molar-refractivity contribution in [1.29, 1.82) is 0 Å². The molecule has 0 saturated heterocycles. The van der Waals surface area contributed by atoms with Crippen LogP contribution in [0.4, 0.5) is 0 Å². The average molecular weight is 399 g/mol. The molecule has 0 amide bonds. The van der Waals surface area contributed by atoms with Gasteiger partial charge in [-0.2, -0.15) is 0 Å². The second-order valence-electron chi connectivity index (χ2n) is 6.25. The van der Waals surface area contributed by atoms with Crippen LogP contribution in [0.5, 0.6) is 5.88 Å². The molecule has 1 atom stereocenters. The number of aromatic nitrogens is 4. The maximum Gasteiger partial charge on any atom is 0.303 e. The quantitative estimate of drug-likeness (QED) is 0.608. The van der Waals surface area contributed by atoms with Gasteiger partial charge in [0.2, 0.25) is 5.88 Å². The standard InChI is InChI=1S/C20H18N4O3.ClH/c1-13(25)27-18-6-5-16-17(14-9-21-12-22-10-14)8-19(24-20(16)18)26-11-15-4-2-3-7-23-15;/h2-4,7-10,12,18H,5-6,11H2,1H3;1H. The Labute approximate surface area is 168 Å². The molecule has 0 saturated carbocycles. The van der Waals surface area contributed by atoms with Crippen molar-refractivity contribution in [3.63, 3.8) is 0 Å². The summed E-state index contributed by atoms with van der Waals surface area (Å²) in [5.74, 6) is 0.136. The molecule has 3 heterocycles. The third kappa shape index (κ3) is 4.26. The number of rotatable bonds is 5. The van der Waals surface area contributed by atoms with Crippen LogP contribution in [-0.2, 0) is 22.6 Å². The lowest BCUT2D eigenvalue weighted by atomic mass is 10.0. The lowest BCUT2D eigenvalue weighted by molar-refractivity contribution is -0.146. The van der Waals surface area contributed by atoms with Gasteiger partial charge in [0.15, 0.2) is 0 Å². The van der Waals surface area contributed by atoms with Crippen LogP contribution < -0.4 is 4.74 Å². The number of halogens is 1. The van der Waals surface area contributed by atoms with E-state index in [-0.39, 0.29) is 24.5 Å². The minimum Gasteiger partial charge on any atom is -0.471 e. The van der Waals surface area contributed by atoms with Gasteiger partial charge < -0.3 is 9.47 Å². The van der Waals surface area contributed by atoms with Crippen molar-refractivity contribution in [1.82, 2.24) is 19.9 Å². The predicted octanol–water partition coefficient (Wildman–Crippen LogP) is 3.48. The first-order chi connectivity index (χ1) is 13.2. The van der Waals surface area contributed by atoms with Gasteiger partial charge >= 0.3 is 5.97 Å². The Morgan fingerprint density at radius 3 is 2.79 bits per heavy atom. The summed E-state index contributed by atoms with van der Waals surface area (Å²) in [5.41, 5.74) is 4.42. The first-order valence-electron chi connectivity index (χ1n) is 8.70. The highest BCUT2D eigenvalue weighted by atomic mass is 35.5. The van der Waals surface area contributed by atoms with Gasteiger partial charge in [0.05, 0.1) is 11.4 Å². The van der Waals surface area contributed by atoms with Crippen molar-refractivity contribution in [2.45, 2.75) is 32.5 Å². The van der Waals surface area contributed by atoms with Crippen LogP contribution in [0.3, 0.4) is 0 Å². The fourth-order valence-corrected chi connectivity index (χ4v) is 3.22. The van der Waals surface area contributed by atoms with E-state index < -0.39 is 0 Å². The summed E-state index contributed by atoms with van der Waals surface area (Å²) in [6.07, 6.45) is 7.83. The lowest BCUT2D eigenvalue weighted by Gasteiger charge is -2.15. The minimum absolute atomic E-state index is 0. The van der Waals surface area contributed by atoms with E-state index >= 15 is 0 Å². The zero-order chi connectivity index (χ0) is 18.6. The molecule has 1 unspecified atom stereocenters. The first kappa shape index (κ1) is 19.7. The molecule has 3 aromatic heterocycles. The number of hydrogen-bond donors (Lipinski definition) is 0. The van der Waals surface area contributed by atoms with Crippen LogP contribution in [0.25, 0.3) is 11.1 Å². The van der Waals surface area contributed by atoms with Gasteiger partial charge in [-0.3, -0.25) is 9.78 Å². The number of carbonyl (C=O) groups is 1. The highest BCUT2D eigenvalue weighted by Gasteiger charge is 2.30. The minimum atomic E-state index is -0.362. The molecule has 8 heteroatoms. The fourth-order valence-electron chi connectivity index (χ4n) is 3.22. The molecule has 4 rings (SSSR count). The van der Waals surface area contributed by atoms with Gasteiger partial charge in [0.1, 0.15) is 19.0 Å². The maximum atomic E-state index is 11.5. The number of nitrogens with zero attached hydrogens (tertiary/aromatic N) is 4. The van der Waals surface area contributed by atoms with Crippen molar-refractivity contribution >= 4 is 18.4 Å². The van der Waals surface area contributed by atoms with Crippen LogP contribution in [0.1, 0.15) is 36.4 Å². The SMILES string of the molecule is CC(=O)OC1CCc2c(-c3cncnc3)cc(OCc3ccccn3)nc21.Cl. The van der Waals surface area contributed by atoms with Gasteiger partial charge in [-0.05, 0) is 36.1 Å². The predicted molar refractivity (Wildman–Crippen MR) is 104 cm³/mol. The number of esters is 1. The second-order valence-corrected chi connectivity index (χ2v) is 6.25. The molecule has 144 valence electrons. The molecule has 1 aliphatic rings. The van der Waals surface area contributed by atoms with E-state index in [0.717, 1.165) is 34.5 Å². The highest BCUT2D eigenvalue weighted by molar-refractivity contribution is 5.85. The molecule has 0 aliphatic heterocycles. The Kier molecular flexibility index (Phi) is 6.16. The van der Waals surface area contributed by atoms with Crippen LogP contribution >= 0.6 is 12.4 Å². The van der Waals surface area contributed by atoms with E-state index in [0.29, 0.717) is 18.9 Å². The molecule has 0 bridgehead atoms. The largest absolute Gasteiger partial charge is 0.471 e. The van der Waals surface area contributed by atoms with E-state index in [4.69, 9.17) is 9.47 Å². The Balaban J connectivity index is 0.00000225. The zero-order valence-corrected chi connectivity index (χ0v) is 16.1. The van der Waals surface area contributed by atoms with Gasteiger partial charge in [-0.25, -0.2) is 15.0 Å². The number of carbonyl (C=O) groups excluding carboxylic acids is 1. The van der Waals surface area contributed by atoms with Gasteiger partial charge in [-0.15, -0.1) is 12.4 Å². The van der Waals surface area contributed by atoms with Crippen molar-refractivity contribution in [3.05, 3.63) is 66.1 Å². The second kappa shape index (κ2) is 8.75. The van der Waals surface area contributed by atoms with E-state index in [2.05, 4.69) is 19.9 Å². The Bertz CT molecular complexity index is 954. The van der Waals surface area contributed by atoms with Gasteiger partial charge in [0.25, 0.3) is 0 Å². The summed E-state index contributed by atoms with van der Waals surface area (Å²) in [4.78, 5) is 28.5. The summed E-state index contributed by atoms with van der Waals surface area (Å²) < 4.78 is 11.3. The van der Waals surface area contributed by atoms with Crippen molar-refractivity contribution < 1.29 is 14.3 Å². The molecular formula is C20H19ClN4O3. The molecule has 1 aliphatic carbocycles. The number of fused-ring (bicyclic) bond motifs is 1. The summed E-state index contributed by atoms with van der Waals surface area (Å²) in [6.45, 7) is 1.71. The van der Waals surface area contributed by atoms with E-state index in [9.17, 15) is 4.79 Å². The maximum absolute atomic E-state index is 11.5. The lowest BCUT2D eigenvalue weighted by Crippen LogP contribution is -2.08. The van der Waals surface area contributed by atoms with Gasteiger partial charge in [0, 0.05) is 37.1 Å². The Hall–Kier alpha value is -3.06. The van der Waals surface area contributed by atoms with Crippen molar-refractivity contribution in [3.8, 4) is 17.0 Å². The topological polar surface area (TPSA) is 87.1 Å². The molecule has 0 fully saturated rings. The van der Waals surface area contributed by atoms with E-state index in [1.165, 1.54) is 13.3 Å². The normalized spacial score (nSPS) is 14.7. The first-order valence-corrected chi connectivity index (χ1v) is 8.70. The van der Waals surface area contributed by atoms with Crippen LogP contribution in [0, 0.1) is 0 Å². The average Bonchev–Trinajstić information content (AvgIpc) is 3.09. The molecular weight excluding hydrogens is 380 g/mol. The summed E-state index contributed by atoms with van der Waals surface area (Å²) in [5, 5.41) is 0. The molecule has 0 N–H and O–H groups in total. The summed E-state index contributed by atoms with van der Waals surface area (Å²) in [7, 11) is 0. The zero-order valence-electron chi connectivity index (χ0n) is 15.2. The molecule has 0 aromatic carbocycles. The summed E-state index contributed by atoms with van der Waals surface area (Å²) in [6, 6.07) is 7.54. The van der Waals surface area contributed by atoms with Crippen LogP contribution in [0.2, 0.25) is 0 Å². The molecule has 7 nitrogen and oxygen atoms in total. The monoisotopic (exact) mass is 398 g/mol. The van der Waals surface area contributed by atoms with E-state index in [1.807, 2.05) is 24.3 Å². The molecule has 28 heavy (non-hydrogen) atoms. The smallest absolute Gasteiger partial charge is 0.303 e. The van der Waals surface area contributed by atoms with Crippen molar-refractivity contribution in [2.24, 2.45) is 0 Å². The van der Waals surface area contributed by atoms with Crippen LogP contribution in [-0.4, -0.2) is 25.9 Å². The Morgan fingerprint density at radius 1 is 1.25 bits per heavy atom. The van der Waals surface area contributed by atoms with Gasteiger partial charge in [-0.1, -0.05) is 6.07 Å². The number of pyridine rings is 2. The molecule has 0 spiro atoms. The van der Waals surface area contributed by atoms with Crippen LogP contribution in [0.15, 0.2) is 49.2 Å². The molecule has 0 radical (unpaired) electrons. The summed E-state index contributed by atoms with van der Waals surface area (Å²) >= 11 is 0.